The highest BCUT2D eigenvalue weighted by atomic mass is 35.5. The van der Waals surface area contributed by atoms with E-state index < -0.39 is 0 Å². The van der Waals surface area contributed by atoms with Crippen LogP contribution in [-0.4, -0.2) is 60.8 Å². The van der Waals surface area contributed by atoms with Crippen LogP contribution in [0, 0.1) is 5.82 Å². The van der Waals surface area contributed by atoms with E-state index in [1.54, 1.807) is 17.8 Å². The topological polar surface area (TPSA) is 26.7 Å². The summed E-state index contributed by atoms with van der Waals surface area (Å²) in [6, 6.07) is 11.0. The highest BCUT2D eigenvalue weighted by Gasteiger charge is 2.26. The van der Waals surface area contributed by atoms with Crippen LogP contribution in [0.15, 0.2) is 58.3 Å². The van der Waals surface area contributed by atoms with E-state index in [9.17, 15) is 4.39 Å². The van der Waals surface area contributed by atoms with Crippen molar-refractivity contribution in [2.24, 2.45) is 0 Å². The van der Waals surface area contributed by atoms with Gasteiger partial charge in [0, 0.05) is 55.0 Å². The Balaban J connectivity index is 1.51. The van der Waals surface area contributed by atoms with E-state index >= 15 is 0 Å². The Bertz CT molecular complexity index is 868. The van der Waals surface area contributed by atoms with Gasteiger partial charge >= 0.3 is 0 Å². The Kier molecular flexibility index (Phi) is 6.38. The quantitative estimate of drug-likeness (QED) is 0.734. The summed E-state index contributed by atoms with van der Waals surface area (Å²) in [5.74, 6) is -0.133. The van der Waals surface area contributed by atoms with Gasteiger partial charge in [0.15, 0.2) is 0 Å². The van der Waals surface area contributed by atoms with Gasteiger partial charge in [-0.2, -0.15) is 0 Å². The predicted octanol–water partition coefficient (Wildman–Crippen LogP) is 4.24. The van der Waals surface area contributed by atoms with Gasteiger partial charge in [0.1, 0.15) is 5.82 Å². The van der Waals surface area contributed by atoms with Gasteiger partial charge in [-0.1, -0.05) is 53.7 Å². The second-order valence-electron chi connectivity index (χ2n) is 7.21. The van der Waals surface area contributed by atoms with Gasteiger partial charge in [-0.3, -0.25) is 9.80 Å². The van der Waals surface area contributed by atoms with E-state index in [1.807, 2.05) is 18.2 Å². The number of hydrogen-bond acceptors (Lipinski definition) is 4. The number of benzene rings is 2. The van der Waals surface area contributed by atoms with Crippen molar-refractivity contribution in [3.05, 3.63) is 70.5 Å². The molecule has 0 spiro atoms. The molecule has 1 N–H and O–H groups in total. The number of rotatable bonds is 5. The Hall–Kier alpha value is -1.37. The van der Waals surface area contributed by atoms with Gasteiger partial charge in [0.2, 0.25) is 0 Å². The van der Waals surface area contributed by atoms with Crippen LogP contribution < -0.4 is 0 Å². The molecule has 2 aliphatic heterocycles. The Morgan fingerprint density at radius 3 is 2.68 bits per heavy atom. The maximum atomic E-state index is 13.8. The van der Waals surface area contributed by atoms with Crippen LogP contribution >= 0.6 is 23.4 Å². The van der Waals surface area contributed by atoms with Crippen molar-refractivity contribution in [2.45, 2.75) is 15.7 Å². The number of halogens is 2. The van der Waals surface area contributed by atoms with Crippen LogP contribution in [0.25, 0.3) is 0 Å². The molecular formula is C22H24ClFN2OS. The molecule has 1 unspecified atom stereocenters. The minimum absolute atomic E-state index is 0.0845. The number of aliphatic hydroxyl groups is 1. The average Bonchev–Trinajstić information content (AvgIpc) is 2.69. The van der Waals surface area contributed by atoms with Crippen LogP contribution in [0.5, 0.6) is 0 Å². The molecule has 0 amide bonds. The molecule has 2 aliphatic rings. The molecule has 0 saturated carbocycles. The summed E-state index contributed by atoms with van der Waals surface area (Å²) in [6.07, 6.45) is 4.45. The van der Waals surface area contributed by atoms with Crippen molar-refractivity contribution >= 4 is 23.4 Å². The van der Waals surface area contributed by atoms with Gasteiger partial charge < -0.3 is 5.11 Å². The molecule has 1 saturated heterocycles. The van der Waals surface area contributed by atoms with E-state index in [4.69, 9.17) is 16.7 Å². The van der Waals surface area contributed by atoms with Gasteiger partial charge in [0.25, 0.3) is 0 Å². The molecule has 1 atom stereocenters. The molecule has 0 radical (unpaired) electrons. The predicted molar refractivity (Wildman–Crippen MR) is 113 cm³/mol. The third kappa shape index (κ3) is 4.29. The number of fused-ring (bicyclic) bond motifs is 2. The molecule has 1 fully saturated rings. The molecule has 2 aromatic rings. The highest BCUT2D eigenvalue weighted by Crippen LogP contribution is 2.49. The average molecular weight is 419 g/mol. The zero-order valence-corrected chi connectivity index (χ0v) is 17.2. The first-order valence-corrected chi connectivity index (χ1v) is 10.8. The second-order valence-corrected chi connectivity index (χ2v) is 8.67. The van der Waals surface area contributed by atoms with Crippen LogP contribution in [-0.2, 0) is 0 Å². The normalized spacial score (nSPS) is 20.3. The monoisotopic (exact) mass is 418 g/mol. The van der Waals surface area contributed by atoms with Crippen molar-refractivity contribution in [3.8, 4) is 0 Å². The largest absolute Gasteiger partial charge is 0.395 e. The number of piperazine rings is 1. The molecule has 28 heavy (non-hydrogen) atoms. The first kappa shape index (κ1) is 19.9. The summed E-state index contributed by atoms with van der Waals surface area (Å²) < 4.78 is 13.8. The lowest BCUT2D eigenvalue weighted by atomic mass is 9.90. The Morgan fingerprint density at radius 1 is 1.11 bits per heavy atom. The number of aliphatic hydroxyl groups excluding tert-OH is 1. The van der Waals surface area contributed by atoms with E-state index in [2.05, 4.69) is 28.0 Å². The molecule has 148 valence electrons. The minimum atomic E-state index is -0.217. The molecule has 2 aromatic carbocycles. The molecule has 4 rings (SSSR count). The second kappa shape index (κ2) is 8.97. The Morgan fingerprint density at radius 2 is 1.89 bits per heavy atom. The fraction of sp³-hybridized carbons (Fsp3) is 0.364. The van der Waals surface area contributed by atoms with Crippen molar-refractivity contribution in [1.82, 2.24) is 9.80 Å². The fourth-order valence-electron chi connectivity index (χ4n) is 3.90. The standard InChI is InChI=1S/C22H24ClFN2OS/c23-20-5-1-3-19-17(18-7-6-16(24)15-21(18)28-22(19)20)4-2-8-25-9-11-26(12-10-25)13-14-27/h1-7,15,17,27H,8-14H2. The first-order chi connectivity index (χ1) is 13.7. The molecule has 0 bridgehead atoms. The first-order valence-electron chi connectivity index (χ1n) is 9.63. The summed E-state index contributed by atoms with van der Waals surface area (Å²) in [4.78, 5) is 6.68. The van der Waals surface area contributed by atoms with Crippen LogP contribution in [0.2, 0.25) is 5.02 Å². The minimum Gasteiger partial charge on any atom is -0.395 e. The van der Waals surface area contributed by atoms with E-state index in [1.165, 1.54) is 11.6 Å². The fourth-order valence-corrected chi connectivity index (χ4v) is 5.38. The molecule has 2 heterocycles. The number of nitrogens with zero attached hydrogens (tertiary/aromatic N) is 2. The summed E-state index contributed by atoms with van der Waals surface area (Å²) in [6.45, 7) is 5.88. The summed E-state index contributed by atoms with van der Waals surface area (Å²) in [5, 5.41) is 9.78. The maximum absolute atomic E-state index is 13.8. The molecule has 3 nitrogen and oxygen atoms in total. The number of hydrogen-bond donors (Lipinski definition) is 1. The van der Waals surface area contributed by atoms with Crippen LogP contribution in [0.1, 0.15) is 17.0 Å². The summed E-state index contributed by atoms with van der Waals surface area (Å²) in [7, 11) is 0. The zero-order valence-electron chi connectivity index (χ0n) is 15.7. The van der Waals surface area contributed by atoms with E-state index in [0.29, 0.717) is 0 Å². The van der Waals surface area contributed by atoms with Gasteiger partial charge in [0.05, 0.1) is 11.6 Å². The van der Waals surface area contributed by atoms with Crippen LogP contribution in [0.3, 0.4) is 0 Å². The maximum Gasteiger partial charge on any atom is 0.124 e. The smallest absolute Gasteiger partial charge is 0.124 e. The van der Waals surface area contributed by atoms with Crippen molar-refractivity contribution < 1.29 is 9.50 Å². The van der Waals surface area contributed by atoms with Crippen molar-refractivity contribution in [2.75, 3.05) is 45.9 Å². The molecular weight excluding hydrogens is 395 g/mol. The molecule has 6 heteroatoms. The van der Waals surface area contributed by atoms with Gasteiger partial charge in [-0.25, -0.2) is 4.39 Å². The number of allylic oxidation sites excluding steroid dienone is 1. The van der Waals surface area contributed by atoms with Crippen molar-refractivity contribution in [1.29, 1.82) is 0 Å². The molecule has 0 aliphatic carbocycles. The van der Waals surface area contributed by atoms with Crippen molar-refractivity contribution in [3.63, 3.8) is 0 Å². The SMILES string of the molecule is OCCN1CCN(CC=CC2c3ccc(F)cc3Sc3c(Cl)cccc32)CC1. The Labute approximate surface area is 174 Å². The van der Waals surface area contributed by atoms with E-state index in [0.717, 1.165) is 59.6 Å². The highest BCUT2D eigenvalue weighted by molar-refractivity contribution is 7.99. The summed E-state index contributed by atoms with van der Waals surface area (Å²) in [5.41, 5.74) is 2.31. The lowest BCUT2D eigenvalue weighted by molar-refractivity contribution is 0.120. The number of β-amino-alcohol motifs (C(OH)–C–C–N with tert-alkyl or cyclic N) is 1. The van der Waals surface area contributed by atoms with Crippen LogP contribution in [0.4, 0.5) is 4.39 Å². The zero-order chi connectivity index (χ0) is 19.5. The van der Waals surface area contributed by atoms with E-state index in [-0.39, 0.29) is 18.3 Å². The van der Waals surface area contributed by atoms with Gasteiger partial charge in [-0.15, -0.1) is 0 Å². The summed E-state index contributed by atoms with van der Waals surface area (Å²) >= 11 is 7.99. The lowest BCUT2D eigenvalue weighted by Crippen LogP contribution is -2.47. The lowest BCUT2D eigenvalue weighted by Gasteiger charge is -2.33. The molecule has 0 aromatic heterocycles. The third-order valence-electron chi connectivity index (χ3n) is 5.43. The van der Waals surface area contributed by atoms with Gasteiger partial charge in [-0.05, 0) is 29.3 Å². The third-order valence-corrected chi connectivity index (χ3v) is 7.09.